The molecule has 0 unspecified atom stereocenters. The Kier molecular flexibility index (Phi) is 4.04. The molecule has 1 aromatic rings. The number of hydrogen-bond donors (Lipinski definition) is 1. The van der Waals surface area contributed by atoms with E-state index in [0.29, 0.717) is 18.7 Å². The fourth-order valence-corrected chi connectivity index (χ4v) is 2.25. The van der Waals surface area contributed by atoms with E-state index < -0.39 is 12.0 Å². The zero-order valence-electron chi connectivity index (χ0n) is 10.1. The summed E-state index contributed by atoms with van der Waals surface area (Å²) in [5, 5.41) is 9.12. The Balaban J connectivity index is 2.03. The highest BCUT2D eigenvalue weighted by Gasteiger charge is 2.29. The molecule has 1 saturated heterocycles. The Morgan fingerprint density at radius 1 is 1.39 bits per heavy atom. The molecule has 0 bridgehead atoms. The molecular weight excluding hydrogens is 232 g/mol. The van der Waals surface area contributed by atoms with E-state index >= 15 is 0 Å². The van der Waals surface area contributed by atoms with Crippen molar-refractivity contribution in [2.75, 3.05) is 13.1 Å². The molecule has 0 amide bonds. The zero-order valence-corrected chi connectivity index (χ0v) is 10.1. The van der Waals surface area contributed by atoms with Crippen molar-refractivity contribution in [3.8, 4) is 0 Å². The topological polar surface area (TPSA) is 70.5 Å². The highest BCUT2D eigenvalue weighted by atomic mass is 16.4. The second kappa shape index (κ2) is 5.73. The highest BCUT2D eigenvalue weighted by molar-refractivity contribution is 5.96. The summed E-state index contributed by atoms with van der Waals surface area (Å²) in [4.78, 5) is 28.8. The Bertz CT molecular complexity index is 433. The first-order valence-corrected chi connectivity index (χ1v) is 6.09. The van der Waals surface area contributed by atoms with Crippen LogP contribution in [0.3, 0.4) is 0 Å². The molecule has 1 aromatic heterocycles. The van der Waals surface area contributed by atoms with Crippen molar-refractivity contribution in [1.82, 2.24) is 9.88 Å². The maximum Gasteiger partial charge on any atom is 0.320 e. The van der Waals surface area contributed by atoms with E-state index in [9.17, 15) is 9.59 Å². The maximum absolute atomic E-state index is 12.0. The Hall–Kier alpha value is -1.75. The van der Waals surface area contributed by atoms with Gasteiger partial charge in [0.15, 0.2) is 5.78 Å². The molecule has 0 aliphatic carbocycles. The van der Waals surface area contributed by atoms with Crippen molar-refractivity contribution in [2.45, 2.75) is 25.3 Å². The number of Topliss-reactive ketones (excluding diaryl/α,β-unsaturated/α-hetero) is 1. The van der Waals surface area contributed by atoms with Crippen LogP contribution in [0.2, 0.25) is 0 Å². The number of aromatic nitrogens is 1. The molecule has 1 atom stereocenters. The summed E-state index contributed by atoms with van der Waals surface area (Å²) in [5.74, 6) is -0.965. The number of carboxylic acids is 1. The van der Waals surface area contributed by atoms with Gasteiger partial charge in [0, 0.05) is 6.20 Å². The van der Waals surface area contributed by atoms with E-state index in [1.54, 1.807) is 29.3 Å². The van der Waals surface area contributed by atoms with E-state index in [4.69, 9.17) is 5.11 Å². The lowest BCUT2D eigenvalue weighted by Crippen LogP contribution is -2.46. The maximum atomic E-state index is 12.0. The number of nitrogens with zero attached hydrogens (tertiary/aromatic N) is 2. The summed E-state index contributed by atoms with van der Waals surface area (Å²) < 4.78 is 0. The first-order valence-electron chi connectivity index (χ1n) is 6.09. The molecule has 1 aliphatic heterocycles. The summed E-state index contributed by atoms with van der Waals surface area (Å²) >= 11 is 0. The van der Waals surface area contributed by atoms with Crippen molar-refractivity contribution >= 4 is 11.8 Å². The van der Waals surface area contributed by atoms with Gasteiger partial charge in [0.25, 0.3) is 0 Å². The third-order valence-corrected chi connectivity index (χ3v) is 3.20. The fourth-order valence-electron chi connectivity index (χ4n) is 2.25. The van der Waals surface area contributed by atoms with Gasteiger partial charge in [0.05, 0.1) is 6.54 Å². The van der Waals surface area contributed by atoms with Crippen molar-refractivity contribution in [2.24, 2.45) is 0 Å². The third-order valence-electron chi connectivity index (χ3n) is 3.20. The minimum absolute atomic E-state index is 0.122. The van der Waals surface area contributed by atoms with E-state index in [0.717, 1.165) is 12.8 Å². The molecule has 0 radical (unpaired) electrons. The average molecular weight is 248 g/mol. The number of carboxylic acid groups (broad SMARTS) is 1. The van der Waals surface area contributed by atoms with Gasteiger partial charge in [0.2, 0.25) is 0 Å². The summed E-state index contributed by atoms with van der Waals surface area (Å²) in [6.07, 6.45) is 4.04. The van der Waals surface area contributed by atoms with Crippen molar-refractivity contribution in [1.29, 1.82) is 0 Å². The summed E-state index contributed by atoms with van der Waals surface area (Å²) in [7, 11) is 0. The smallest absolute Gasteiger partial charge is 0.320 e. The number of rotatable bonds is 4. The molecule has 1 fully saturated rings. The molecule has 0 saturated carbocycles. The van der Waals surface area contributed by atoms with E-state index in [-0.39, 0.29) is 12.3 Å². The number of ketones is 1. The van der Waals surface area contributed by atoms with Crippen molar-refractivity contribution < 1.29 is 14.7 Å². The van der Waals surface area contributed by atoms with Crippen molar-refractivity contribution in [3.05, 3.63) is 30.1 Å². The van der Waals surface area contributed by atoms with E-state index in [1.165, 1.54) is 0 Å². The number of carbonyl (C=O) groups is 2. The number of hydrogen-bond acceptors (Lipinski definition) is 4. The summed E-state index contributed by atoms with van der Waals surface area (Å²) in [6.45, 7) is 0.795. The van der Waals surface area contributed by atoms with E-state index in [1.807, 2.05) is 0 Å². The van der Waals surface area contributed by atoms with Crippen LogP contribution in [0, 0.1) is 0 Å². The van der Waals surface area contributed by atoms with Crippen LogP contribution in [-0.2, 0) is 4.79 Å². The predicted octanol–water partition coefficient (Wildman–Crippen LogP) is 1.20. The van der Waals surface area contributed by atoms with Gasteiger partial charge < -0.3 is 5.11 Å². The SMILES string of the molecule is O=C(CN1CCCC[C@H]1C(=O)O)c1ccccn1. The second-order valence-corrected chi connectivity index (χ2v) is 4.46. The van der Waals surface area contributed by atoms with Crippen LogP contribution in [0.5, 0.6) is 0 Å². The first kappa shape index (κ1) is 12.7. The van der Waals surface area contributed by atoms with Crippen LogP contribution in [-0.4, -0.2) is 45.9 Å². The summed E-state index contributed by atoms with van der Waals surface area (Å²) in [5.41, 5.74) is 0.396. The van der Waals surface area contributed by atoms with Gasteiger partial charge in [0.1, 0.15) is 11.7 Å². The standard InChI is InChI=1S/C13H16N2O3/c16-12(10-5-1-3-7-14-10)9-15-8-4-2-6-11(15)13(17)18/h1,3,5,7,11H,2,4,6,8-9H2,(H,17,18)/t11-/m0/s1. The molecule has 18 heavy (non-hydrogen) atoms. The average Bonchev–Trinajstić information content (AvgIpc) is 2.40. The van der Waals surface area contributed by atoms with Crippen LogP contribution in [0.25, 0.3) is 0 Å². The minimum Gasteiger partial charge on any atom is -0.480 e. The highest BCUT2D eigenvalue weighted by Crippen LogP contribution is 2.17. The number of pyridine rings is 1. The van der Waals surface area contributed by atoms with Crippen LogP contribution >= 0.6 is 0 Å². The molecule has 1 aliphatic rings. The van der Waals surface area contributed by atoms with Gasteiger partial charge in [-0.3, -0.25) is 19.5 Å². The van der Waals surface area contributed by atoms with Gasteiger partial charge in [-0.15, -0.1) is 0 Å². The Morgan fingerprint density at radius 2 is 2.22 bits per heavy atom. The van der Waals surface area contributed by atoms with Gasteiger partial charge in [-0.25, -0.2) is 0 Å². The molecule has 0 spiro atoms. The molecule has 2 heterocycles. The first-order chi connectivity index (χ1) is 8.68. The molecule has 1 N–H and O–H groups in total. The van der Waals surface area contributed by atoms with Crippen LogP contribution in [0.1, 0.15) is 29.8 Å². The van der Waals surface area contributed by atoms with Crippen LogP contribution in [0.15, 0.2) is 24.4 Å². The molecular formula is C13H16N2O3. The van der Waals surface area contributed by atoms with Gasteiger partial charge in [-0.05, 0) is 31.5 Å². The van der Waals surface area contributed by atoms with Gasteiger partial charge in [-0.2, -0.15) is 0 Å². The van der Waals surface area contributed by atoms with Gasteiger partial charge in [-0.1, -0.05) is 12.5 Å². The predicted molar refractivity (Wildman–Crippen MR) is 65.4 cm³/mol. The monoisotopic (exact) mass is 248 g/mol. The fraction of sp³-hybridized carbons (Fsp3) is 0.462. The van der Waals surface area contributed by atoms with Crippen LogP contribution < -0.4 is 0 Å². The lowest BCUT2D eigenvalue weighted by Gasteiger charge is -2.32. The van der Waals surface area contributed by atoms with Crippen molar-refractivity contribution in [3.63, 3.8) is 0 Å². The Morgan fingerprint density at radius 3 is 2.89 bits per heavy atom. The molecule has 5 heteroatoms. The second-order valence-electron chi connectivity index (χ2n) is 4.46. The zero-order chi connectivity index (χ0) is 13.0. The Labute approximate surface area is 105 Å². The normalized spacial score (nSPS) is 20.6. The molecule has 0 aromatic carbocycles. The summed E-state index contributed by atoms with van der Waals surface area (Å²) in [6, 6.07) is 4.62. The molecule has 96 valence electrons. The largest absolute Gasteiger partial charge is 0.480 e. The number of likely N-dealkylation sites (tertiary alicyclic amines) is 1. The van der Waals surface area contributed by atoms with E-state index in [2.05, 4.69) is 4.98 Å². The number of aliphatic carboxylic acids is 1. The number of carbonyl (C=O) groups excluding carboxylic acids is 1. The lowest BCUT2D eigenvalue weighted by molar-refractivity contribution is -0.144. The molecule has 2 rings (SSSR count). The van der Waals surface area contributed by atoms with Crippen LogP contribution in [0.4, 0.5) is 0 Å². The van der Waals surface area contributed by atoms with Gasteiger partial charge >= 0.3 is 5.97 Å². The quantitative estimate of drug-likeness (QED) is 0.811. The number of piperidine rings is 1. The third kappa shape index (κ3) is 2.92. The minimum atomic E-state index is -0.844. The molecule has 5 nitrogen and oxygen atoms in total. The lowest BCUT2D eigenvalue weighted by atomic mass is 10.0.